The first kappa shape index (κ1) is 14.6. The van der Waals surface area contributed by atoms with Gasteiger partial charge in [0.05, 0.1) is 8.95 Å². The van der Waals surface area contributed by atoms with Crippen molar-refractivity contribution in [1.82, 2.24) is 0 Å². The number of aromatic hydroxyl groups is 2. The molecule has 0 atom stereocenters. The van der Waals surface area contributed by atoms with Crippen LogP contribution in [0.5, 0.6) is 11.5 Å². The zero-order valence-corrected chi connectivity index (χ0v) is 16.1. The van der Waals surface area contributed by atoms with Gasteiger partial charge in [-0.3, -0.25) is 0 Å². The van der Waals surface area contributed by atoms with Gasteiger partial charge in [-0.05, 0) is 56.1 Å². The predicted molar refractivity (Wildman–Crippen MR) is 95.6 cm³/mol. The summed E-state index contributed by atoms with van der Waals surface area (Å²) in [6, 6.07) is 7.31. The normalized spacial score (nSPS) is 11.4. The van der Waals surface area contributed by atoms with E-state index in [0.717, 1.165) is 19.7 Å². The van der Waals surface area contributed by atoms with Crippen molar-refractivity contribution in [2.24, 2.45) is 0 Å². The minimum atomic E-state index is 0.153. The molecule has 0 aliphatic heterocycles. The monoisotopic (exact) mass is 522 g/mol. The van der Waals surface area contributed by atoms with E-state index in [1.807, 2.05) is 6.07 Å². The topological polar surface area (TPSA) is 40.5 Å². The highest BCUT2D eigenvalue weighted by Gasteiger charge is 2.14. The van der Waals surface area contributed by atoms with Gasteiger partial charge in [0.15, 0.2) is 0 Å². The summed E-state index contributed by atoms with van der Waals surface area (Å²) in [6.45, 7) is 0. The molecule has 0 bridgehead atoms. The van der Waals surface area contributed by atoms with Crippen LogP contribution in [0.1, 0.15) is 0 Å². The van der Waals surface area contributed by atoms with E-state index in [1.165, 1.54) is 0 Å². The molecule has 0 amide bonds. The molecule has 20 heavy (non-hydrogen) atoms. The summed E-state index contributed by atoms with van der Waals surface area (Å²) >= 11 is 13.6. The second-order valence-electron chi connectivity index (χ2n) is 4.32. The largest absolute Gasteiger partial charge is 0.506 e. The lowest BCUT2D eigenvalue weighted by Crippen LogP contribution is -1.83. The standard InChI is InChI=1S/C14H6Br4O2/c15-9-3-11(17)13(19)7-2-8-6(1-5(7)9)10(16)4-12(18)14(8)20/h1-4,19-20H. The molecule has 0 saturated heterocycles. The molecule has 2 nitrogen and oxygen atoms in total. The third kappa shape index (κ3) is 2.17. The van der Waals surface area contributed by atoms with Crippen LogP contribution in [0.2, 0.25) is 0 Å². The fourth-order valence-electron chi connectivity index (χ4n) is 2.16. The summed E-state index contributed by atoms with van der Waals surface area (Å²) in [7, 11) is 0. The van der Waals surface area contributed by atoms with E-state index in [2.05, 4.69) is 63.7 Å². The number of fused-ring (bicyclic) bond motifs is 2. The molecule has 6 heteroatoms. The summed E-state index contributed by atoms with van der Waals surface area (Å²) in [5.74, 6) is 0.307. The Bertz CT molecular complexity index is 806. The van der Waals surface area contributed by atoms with Gasteiger partial charge in [0.1, 0.15) is 11.5 Å². The average molecular weight is 526 g/mol. The molecule has 0 saturated carbocycles. The van der Waals surface area contributed by atoms with Crippen LogP contribution < -0.4 is 0 Å². The molecule has 0 heterocycles. The summed E-state index contributed by atoms with van der Waals surface area (Å²) in [5, 5.41) is 23.5. The molecule has 3 rings (SSSR count). The van der Waals surface area contributed by atoms with Crippen molar-refractivity contribution in [3.05, 3.63) is 42.2 Å². The number of hydrogen-bond acceptors (Lipinski definition) is 2. The van der Waals surface area contributed by atoms with E-state index < -0.39 is 0 Å². The Morgan fingerprint density at radius 2 is 0.850 bits per heavy atom. The van der Waals surface area contributed by atoms with Gasteiger partial charge in [-0.15, -0.1) is 0 Å². The van der Waals surface area contributed by atoms with E-state index >= 15 is 0 Å². The highest BCUT2D eigenvalue weighted by atomic mass is 79.9. The molecule has 0 radical (unpaired) electrons. The maximum absolute atomic E-state index is 10.2. The van der Waals surface area contributed by atoms with Crippen LogP contribution >= 0.6 is 63.7 Å². The maximum atomic E-state index is 10.2. The number of benzene rings is 3. The molecule has 3 aromatic rings. The molecule has 0 spiro atoms. The Balaban J connectivity index is 2.60. The molecule has 3 aromatic carbocycles. The lowest BCUT2D eigenvalue weighted by atomic mass is 10.0. The fourth-order valence-corrected chi connectivity index (χ4v) is 4.77. The summed E-state index contributed by atoms with van der Waals surface area (Å²) in [4.78, 5) is 0. The Hall–Kier alpha value is -0.300. The van der Waals surface area contributed by atoms with Crippen LogP contribution in [-0.2, 0) is 0 Å². The van der Waals surface area contributed by atoms with E-state index in [9.17, 15) is 10.2 Å². The number of rotatable bonds is 0. The van der Waals surface area contributed by atoms with Crippen molar-refractivity contribution in [2.45, 2.75) is 0 Å². The minimum absolute atomic E-state index is 0.153. The Morgan fingerprint density at radius 3 is 1.25 bits per heavy atom. The van der Waals surface area contributed by atoms with Crippen molar-refractivity contribution < 1.29 is 10.2 Å². The van der Waals surface area contributed by atoms with Crippen molar-refractivity contribution in [3.8, 4) is 11.5 Å². The third-order valence-electron chi connectivity index (χ3n) is 3.14. The average Bonchev–Trinajstić information content (AvgIpc) is 2.41. The van der Waals surface area contributed by atoms with Gasteiger partial charge in [-0.1, -0.05) is 31.9 Å². The van der Waals surface area contributed by atoms with Gasteiger partial charge in [0.25, 0.3) is 0 Å². The molecule has 0 aromatic heterocycles. The van der Waals surface area contributed by atoms with Crippen LogP contribution in [0, 0.1) is 0 Å². The van der Waals surface area contributed by atoms with Crippen molar-refractivity contribution >= 4 is 85.3 Å². The van der Waals surface area contributed by atoms with E-state index in [4.69, 9.17) is 0 Å². The van der Waals surface area contributed by atoms with Crippen molar-refractivity contribution in [3.63, 3.8) is 0 Å². The van der Waals surface area contributed by atoms with Gasteiger partial charge in [0.2, 0.25) is 0 Å². The van der Waals surface area contributed by atoms with Crippen LogP contribution in [0.4, 0.5) is 0 Å². The van der Waals surface area contributed by atoms with Gasteiger partial charge >= 0.3 is 0 Å². The summed E-state index contributed by atoms with van der Waals surface area (Å²) < 4.78 is 2.94. The maximum Gasteiger partial charge on any atom is 0.137 e. The highest BCUT2D eigenvalue weighted by Crippen LogP contribution is 2.44. The second-order valence-corrected chi connectivity index (χ2v) is 7.74. The fraction of sp³-hybridized carbons (Fsp3) is 0. The van der Waals surface area contributed by atoms with Crippen LogP contribution in [0.25, 0.3) is 21.5 Å². The van der Waals surface area contributed by atoms with Crippen molar-refractivity contribution in [1.29, 1.82) is 0 Å². The van der Waals surface area contributed by atoms with Crippen molar-refractivity contribution in [2.75, 3.05) is 0 Å². The van der Waals surface area contributed by atoms with E-state index in [1.54, 1.807) is 18.2 Å². The van der Waals surface area contributed by atoms with E-state index in [-0.39, 0.29) is 11.5 Å². The zero-order valence-electron chi connectivity index (χ0n) is 9.72. The molecule has 0 unspecified atom stereocenters. The molecular weight excluding hydrogens is 520 g/mol. The molecule has 0 aliphatic carbocycles. The quantitative estimate of drug-likeness (QED) is 0.331. The molecule has 0 aliphatic rings. The SMILES string of the molecule is Oc1c(Br)cc(Br)c2cc3c(Br)cc(Br)c(O)c3cc12. The highest BCUT2D eigenvalue weighted by molar-refractivity contribution is 9.11. The molecule has 102 valence electrons. The van der Waals surface area contributed by atoms with Gasteiger partial charge in [-0.25, -0.2) is 0 Å². The minimum Gasteiger partial charge on any atom is -0.506 e. The predicted octanol–water partition coefficient (Wildman–Crippen LogP) is 6.45. The van der Waals surface area contributed by atoms with Gasteiger partial charge in [0, 0.05) is 30.5 Å². The number of halogens is 4. The second kappa shape index (κ2) is 5.16. The Kier molecular flexibility index (Phi) is 3.77. The lowest BCUT2D eigenvalue weighted by Gasteiger charge is -2.11. The number of phenols is 2. The Morgan fingerprint density at radius 1 is 0.500 bits per heavy atom. The number of hydrogen-bond donors (Lipinski definition) is 2. The van der Waals surface area contributed by atoms with Gasteiger partial charge < -0.3 is 10.2 Å². The Labute approximate surface area is 148 Å². The van der Waals surface area contributed by atoms with Crippen LogP contribution in [0.3, 0.4) is 0 Å². The summed E-state index contributed by atoms with van der Waals surface area (Å²) in [6.07, 6.45) is 0. The van der Waals surface area contributed by atoms with E-state index in [0.29, 0.717) is 19.7 Å². The first-order valence-electron chi connectivity index (χ1n) is 5.51. The van der Waals surface area contributed by atoms with Crippen LogP contribution in [-0.4, -0.2) is 10.2 Å². The lowest BCUT2D eigenvalue weighted by molar-refractivity contribution is 0.477. The summed E-state index contributed by atoms with van der Waals surface area (Å²) in [5.41, 5.74) is 0. The zero-order chi connectivity index (χ0) is 14.6. The smallest absolute Gasteiger partial charge is 0.137 e. The molecule has 2 N–H and O–H groups in total. The first-order chi connectivity index (χ1) is 9.40. The molecule has 0 fully saturated rings. The third-order valence-corrected chi connectivity index (χ3v) is 5.66. The number of phenolic OH excluding ortho intramolecular Hbond substituents is 2. The molecular formula is C14H6Br4O2. The van der Waals surface area contributed by atoms with Gasteiger partial charge in [-0.2, -0.15) is 0 Å². The van der Waals surface area contributed by atoms with Crippen LogP contribution in [0.15, 0.2) is 42.2 Å². The first-order valence-corrected chi connectivity index (χ1v) is 8.68.